The Labute approximate surface area is 166 Å². The van der Waals surface area contributed by atoms with Crippen LogP contribution in [0.15, 0.2) is 51.8 Å². The van der Waals surface area contributed by atoms with Gasteiger partial charge in [0, 0.05) is 17.2 Å². The van der Waals surface area contributed by atoms with Gasteiger partial charge in [-0.25, -0.2) is 13.2 Å². The molecule has 27 heavy (non-hydrogen) atoms. The molecule has 2 aromatic carbocycles. The van der Waals surface area contributed by atoms with Crippen molar-refractivity contribution in [2.75, 3.05) is 26.0 Å². The van der Waals surface area contributed by atoms with Crippen molar-refractivity contribution in [3.05, 3.63) is 58.1 Å². The molecule has 1 N–H and O–H groups in total. The summed E-state index contributed by atoms with van der Waals surface area (Å²) in [5.74, 6) is -1.26. The molecule has 0 bridgehead atoms. The summed E-state index contributed by atoms with van der Waals surface area (Å²) in [6.45, 7) is 1.42. The third-order valence-corrected chi connectivity index (χ3v) is 6.16. The number of carbonyl (C=O) groups is 2. The van der Waals surface area contributed by atoms with Gasteiger partial charge in [-0.2, -0.15) is 4.31 Å². The van der Waals surface area contributed by atoms with Gasteiger partial charge >= 0.3 is 5.97 Å². The van der Waals surface area contributed by atoms with Gasteiger partial charge < -0.3 is 10.1 Å². The van der Waals surface area contributed by atoms with Gasteiger partial charge in [0.1, 0.15) is 0 Å². The zero-order chi connectivity index (χ0) is 20.2. The standard InChI is InChI=1S/C18H19BrN2O5S/c1-12-10-13(19)8-9-15(12)20-17(22)11-21(2)27(24,25)16-7-5-4-6-14(16)18(23)26-3/h4-10H,11H2,1-3H3,(H,20,22). The van der Waals surface area contributed by atoms with Crippen molar-refractivity contribution >= 4 is 43.5 Å². The molecule has 144 valence electrons. The molecule has 0 aromatic heterocycles. The van der Waals surface area contributed by atoms with Crippen LogP contribution in [-0.2, 0) is 19.6 Å². The zero-order valence-corrected chi connectivity index (χ0v) is 17.4. The monoisotopic (exact) mass is 454 g/mol. The molecule has 9 heteroatoms. The molecule has 0 aliphatic heterocycles. The lowest BCUT2D eigenvalue weighted by Gasteiger charge is -2.18. The largest absolute Gasteiger partial charge is 0.465 e. The Kier molecular flexibility index (Phi) is 6.74. The first-order chi connectivity index (χ1) is 12.7. The molecule has 0 heterocycles. The van der Waals surface area contributed by atoms with E-state index in [1.165, 1.54) is 38.4 Å². The van der Waals surface area contributed by atoms with Crippen molar-refractivity contribution in [1.29, 1.82) is 0 Å². The maximum absolute atomic E-state index is 12.8. The molecule has 2 rings (SSSR count). The van der Waals surface area contributed by atoms with E-state index in [0.29, 0.717) is 5.69 Å². The van der Waals surface area contributed by atoms with Gasteiger partial charge in [0.15, 0.2) is 0 Å². The van der Waals surface area contributed by atoms with E-state index < -0.39 is 28.4 Å². The van der Waals surface area contributed by atoms with Crippen LogP contribution in [0, 0.1) is 6.92 Å². The fourth-order valence-corrected chi connectivity index (χ4v) is 4.16. The number of halogens is 1. The van der Waals surface area contributed by atoms with E-state index in [-0.39, 0.29) is 10.5 Å². The summed E-state index contributed by atoms with van der Waals surface area (Å²) in [6, 6.07) is 11.0. The van der Waals surface area contributed by atoms with Crippen LogP contribution in [0.2, 0.25) is 0 Å². The van der Waals surface area contributed by atoms with Crippen LogP contribution in [0.5, 0.6) is 0 Å². The van der Waals surface area contributed by atoms with E-state index in [4.69, 9.17) is 0 Å². The van der Waals surface area contributed by atoms with Crippen LogP contribution < -0.4 is 5.32 Å². The number of methoxy groups -OCH3 is 1. The van der Waals surface area contributed by atoms with Gasteiger partial charge in [0.25, 0.3) is 0 Å². The minimum absolute atomic E-state index is 0.0870. The fourth-order valence-electron chi connectivity index (χ4n) is 2.38. The quantitative estimate of drug-likeness (QED) is 0.677. The number of carbonyl (C=O) groups excluding carboxylic acids is 2. The molecule has 1 amide bonds. The van der Waals surface area contributed by atoms with Gasteiger partial charge in [-0.05, 0) is 42.8 Å². The highest BCUT2D eigenvalue weighted by atomic mass is 79.9. The predicted octanol–water partition coefficient (Wildman–Crippen LogP) is 2.80. The summed E-state index contributed by atoms with van der Waals surface area (Å²) in [6.07, 6.45) is 0. The van der Waals surface area contributed by atoms with Crippen LogP contribution in [0.4, 0.5) is 5.69 Å². The number of hydrogen-bond acceptors (Lipinski definition) is 5. The summed E-state index contributed by atoms with van der Waals surface area (Å²) >= 11 is 3.34. The van der Waals surface area contributed by atoms with Crippen molar-refractivity contribution in [2.45, 2.75) is 11.8 Å². The van der Waals surface area contributed by atoms with Gasteiger partial charge in [-0.3, -0.25) is 4.79 Å². The highest BCUT2D eigenvalue weighted by Crippen LogP contribution is 2.22. The van der Waals surface area contributed by atoms with Crippen molar-refractivity contribution in [3.63, 3.8) is 0 Å². The number of nitrogens with one attached hydrogen (secondary N) is 1. The van der Waals surface area contributed by atoms with E-state index in [0.717, 1.165) is 14.3 Å². The van der Waals surface area contributed by atoms with Gasteiger partial charge in [-0.1, -0.05) is 28.1 Å². The van der Waals surface area contributed by atoms with E-state index in [9.17, 15) is 18.0 Å². The Hall–Kier alpha value is -2.23. The average Bonchev–Trinajstić information content (AvgIpc) is 2.63. The molecule has 0 spiro atoms. The van der Waals surface area contributed by atoms with Crippen LogP contribution in [0.25, 0.3) is 0 Å². The molecule has 0 fully saturated rings. The predicted molar refractivity (Wildman–Crippen MR) is 105 cm³/mol. The van der Waals surface area contributed by atoms with Crippen LogP contribution in [-0.4, -0.2) is 45.3 Å². The second-order valence-corrected chi connectivity index (χ2v) is 8.69. The average molecular weight is 455 g/mol. The molecular formula is C18H19BrN2O5S. The lowest BCUT2D eigenvalue weighted by molar-refractivity contribution is -0.116. The summed E-state index contributed by atoms with van der Waals surface area (Å²) in [7, 11) is -1.62. The van der Waals surface area contributed by atoms with Crippen LogP contribution in [0.1, 0.15) is 15.9 Å². The smallest absolute Gasteiger partial charge is 0.339 e. The van der Waals surface area contributed by atoms with E-state index in [1.54, 1.807) is 12.1 Å². The van der Waals surface area contributed by atoms with E-state index >= 15 is 0 Å². The summed E-state index contributed by atoms with van der Waals surface area (Å²) in [5, 5.41) is 2.68. The maximum atomic E-state index is 12.8. The molecule has 2 aromatic rings. The van der Waals surface area contributed by atoms with Gasteiger partial charge in [0.2, 0.25) is 15.9 Å². The molecular weight excluding hydrogens is 436 g/mol. The summed E-state index contributed by atoms with van der Waals surface area (Å²) in [4.78, 5) is 23.9. The number of hydrogen-bond donors (Lipinski definition) is 1. The number of amides is 1. The van der Waals surface area contributed by atoms with Crippen molar-refractivity contribution in [3.8, 4) is 0 Å². The molecule has 0 radical (unpaired) electrons. The Morgan fingerprint density at radius 3 is 2.48 bits per heavy atom. The molecule has 0 saturated carbocycles. The number of nitrogens with zero attached hydrogens (tertiary/aromatic N) is 1. The molecule has 7 nitrogen and oxygen atoms in total. The minimum atomic E-state index is -4.06. The van der Waals surface area contributed by atoms with Crippen molar-refractivity contribution < 1.29 is 22.7 Å². The highest BCUT2D eigenvalue weighted by molar-refractivity contribution is 9.10. The number of anilines is 1. The minimum Gasteiger partial charge on any atom is -0.465 e. The Morgan fingerprint density at radius 2 is 1.85 bits per heavy atom. The Morgan fingerprint density at radius 1 is 1.19 bits per heavy atom. The SMILES string of the molecule is COC(=O)c1ccccc1S(=O)(=O)N(C)CC(=O)Nc1ccc(Br)cc1C. The number of aryl methyl sites for hydroxylation is 1. The molecule has 0 atom stereocenters. The lowest BCUT2D eigenvalue weighted by Crippen LogP contribution is -2.35. The number of sulfonamides is 1. The van der Waals surface area contributed by atoms with Crippen LogP contribution >= 0.6 is 15.9 Å². The second kappa shape index (κ2) is 8.64. The number of benzene rings is 2. The first-order valence-electron chi connectivity index (χ1n) is 7.86. The van der Waals surface area contributed by atoms with Gasteiger partial charge in [-0.15, -0.1) is 0 Å². The second-order valence-electron chi connectivity index (χ2n) is 5.76. The first kappa shape index (κ1) is 21.1. The van der Waals surface area contributed by atoms with Crippen LogP contribution in [0.3, 0.4) is 0 Å². The topological polar surface area (TPSA) is 92.8 Å². The Bertz CT molecular complexity index is 975. The maximum Gasteiger partial charge on any atom is 0.339 e. The van der Waals surface area contributed by atoms with Crippen molar-refractivity contribution in [2.24, 2.45) is 0 Å². The summed E-state index contributed by atoms with van der Waals surface area (Å²) in [5.41, 5.74) is 1.33. The van der Waals surface area contributed by atoms with E-state index in [2.05, 4.69) is 26.0 Å². The fraction of sp³-hybridized carbons (Fsp3) is 0.222. The lowest BCUT2D eigenvalue weighted by atomic mass is 10.2. The Balaban J connectivity index is 2.20. The molecule has 0 unspecified atom stereocenters. The highest BCUT2D eigenvalue weighted by Gasteiger charge is 2.28. The third kappa shape index (κ3) is 4.94. The number of esters is 1. The van der Waals surface area contributed by atoms with Crippen molar-refractivity contribution in [1.82, 2.24) is 4.31 Å². The van der Waals surface area contributed by atoms with E-state index in [1.807, 2.05) is 13.0 Å². The zero-order valence-electron chi connectivity index (χ0n) is 15.0. The number of likely N-dealkylation sites (N-methyl/N-ethyl adjacent to an activating group) is 1. The normalized spacial score (nSPS) is 11.3. The number of rotatable bonds is 6. The molecule has 0 saturated heterocycles. The number of ether oxygens (including phenoxy) is 1. The third-order valence-electron chi connectivity index (χ3n) is 3.81. The summed E-state index contributed by atoms with van der Waals surface area (Å²) < 4.78 is 32.0. The molecule has 0 aliphatic rings. The molecule has 0 aliphatic carbocycles. The van der Waals surface area contributed by atoms with Gasteiger partial charge in [0.05, 0.1) is 24.1 Å². The first-order valence-corrected chi connectivity index (χ1v) is 10.1.